The first-order valence-corrected chi connectivity index (χ1v) is 9.07. The van der Waals surface area contributed by atoms with E-state index in [4.69, 9.17) is 9.72 Å². The van der Waals surface area contributed by atoms with Crippen molar-refractivity contribution in [2.75, 3.05) is 31.7 Å². The second-order valence-corrected chi connectivity index (χ2v) is 6.86. The van der Waals surface area contributed by atoms with E-state index in [2.05, 4.69) is 56.4 Å². The summed E-state index contributed by atoms with van der Waals surface area (Å²) >= 11 is 3.54. The number of fused-ring (bicyclic) bond motifs is 1. The van der Waals surface area contributed by atoms with Crippen molar-refractivity contribution in [3.8, 4) is 0 Å². The SMILES string of the molecule is CN/N=C\C=C(/C)c1cc(N2CCOC[C@H]2C)nc2c(Br)nn(C)c12. The van der Waals surface area contributed by atoms with Crippen LogP contribution < -0.4 is 10.3 Å². The van der Waals surface area contributed by atoms with E-state index in [1.54, 1.807) is 13.3 Å². The normalized spacial score (nSPS) is 19.2. The summed E-state index contributed by atoms with van der Waals surface area (Å²) in [6.07, 6.45) is 3.74. The first-order valence-electron chi connectivity index (χ1n) is 8.27. The quantitative estimate of drug-likeness (QED) is 0.624. The fraction of sp³-hybridized carbons (Fsp3) is 0.471. The number of rotatable bonds is 4. The highest BCUT2D eigenvalue weighted by Crippen LogP contribution is 2.32. The Morgan fingerprint density at radius 3 is 3.04 bits per heavy atom. The Kier molecular flexibility index (Phi) is 5.39. The summed E-state index contributed by atoms with van der Waals surface area (Å²) in [6.45, 7) is 6.50. The first kappa shape index (κ1) is 17.9. The van der Waals surface area contributed by atoms with Crippen molar-refractivity contribution >= 4 is 44.6 Å². The Balaban J connectivity index is 2.16. The molecular weight excluding hydrogens is 384 g/mol. The number of ether oxygens (including phenoxy) is 1. The molecule has 0 amide bonds. The second-order valence-electron chi connectivity index (χ2n) is 6.11. The van der Waals surface area contributed by atoms with Gasteiger partial charge in [0, 0.05) is 32.4 Å². The molecule has 0 aliphatic carbocycles. The fourth-order valence-corrected chi connectivity index (χ4v) is 3.57. The standard InChI is InChI=1S/C17H23BrN6O/c1-11(5-6-20-19-3)13-9-14(24-7-8-25-10-12(24)2)21-15-16(13)23(4)22-17(15)18/h5-6,9,12,19H,7-8,10H2,1-4H3/b11-5+,20-6-/t12-/m1/s1. The highest BCUT2D eigenvalue weighted by Gasteiger charge is 2.23. The highest BCUT2D eigenvalue weighted by atomic mass is 79.9. The van der Waals surface area contributed by atoms with Crippen molar-refractivity contribution in [3.05, 3.63) is 22.3 Å². The lowest BCUT2D eigenvalue weighted by molar-refractivity contribution is 0.0985. The van der Waals surface area contributed by atoms with Crippen LogP contribution in [0.3, 0.4) is 0 Å². The minimum Gasteiger partial charge on any atom is -0.377 e. The van der Waals surface area contributed by atoms with E-state index in [0.29, 0.717) is 6.61 Å². The molecule has 1 atom stereocenters. The summed E-state index contributed by atoms with van der Waals surface area (Å²) in [7, 11) is 3.71. The van der Waals surface area contributed by atoms with Gasteiger partial charge in [-0.25, -0.2) is 4.98 Å². The average molecular weight is 407 g/mol. The zero-order valence-electron chi connectivity index (χ0n) is 15.0. The molecular formula is C17H23BrN6O. The van der Waals surface area contributed by atoms with Crippen molar-refractivity contribution in [3.63, 3.8) is 0 Å². The smallest absolute Gasteiger partial charge is 0.154 e. The zero-order valence-corrected chi connectivity index (χ0v) is 16.5. The Morgan fingerprint density at radius 2 is 2.32 bits per heavy atom. The number of halogens is 1. The van der Waals surface area contributed by atoms with Gasteiger partial charge in [-0.05, 0) is 47.5 Å². The van der Waals surface area contributed by atoms with Gasteiger partial charge in [-0.2, -0.15) is 10.2 Å². The number of nitrogens with zero attached hydrogens (tertiary/aromatic N) is 5. The number of morpholine rings is 1. The molecule has 3 heterocycles. The number of hydrogen-bond acceptors (Lipinski definition) is 6. The van der Waals surface area contributed by atoms with Gasteiger partial charge >= 0.3 is 0 Å². The largest absolute Gasteiger partial charge is 0.377 e. The van der Waals surface area contributed by atoms with Gasteiger partial charge in [0.2, 0.25) is 0 Å². The fourth-order valence-electron chi connectivity index (χ4n) is 3.05. The van der Waals surface area contributed by atoms with Crippen molar-refractivity contribution in [2.45, 2.75) is 19.9 Å². The number of nitrogens with one attached hydrogen (secondary N) is 1. The van der Waals surface area contributed by atoms with Crippen molar-refractivity contribution < 1.29 is 4.74 Å². The number of anilines is 1. The minimum absolute atomic E-state index is 0.289. The molecule has 0 aromatic carbocycles. The maximum absolute atomic E-state index is 5.56. The number of pyridine rings is 1. The monoisotopic (exact) mass is 406 g/mol. The molecule has 0 spiro atoms. The van der Waals surface area contributed by atoms with E-state index in [0.717, 1.165) is 45.7 Å². The Morgan fingerprint density at radius 1 is 1.52 bits per heavy atom. The third-order valence-corrected chi connectivity index (χ3v) is 4.89. The molecule has 2 aromatic heterocycles. The average Bonchev–Trinajstić information content (AvgIpc) is 2.89. The maximum Gasteiger partial charge on any atom is 0.154 e. The topological polar surface area (TPSA) is 67.6 Å². The molecule has 3 rings (SSSR count). The lowest BCUT2D eigenvalue weighted by Gasteiger charge is -2.34. The molecule has 1 aliphatic rings. The van der Waals surface area contributed by atoms with E-state index in [1.807, 2.05) is 17.8 Å². The summed E-state index contributed by atoms with van der Waals surface area (Å²) in [5.74, 6) is 0.949. The number of hydrazone groups is 1. The van der Waals surface area contributed by atoms with Crippen molar-refractivity contribution in [1.82, 2.24) is 20.2 Å². The molecule has 1 aliphatic heterocycles. The predicted molar refractivity (Wildman–Crippen MR) is 105 cm³/mol. The van der Waals surface area contributed by atoms with Crippen LogP contribution in [0.2, 0.25) is 0 Å². The third kappa shape index (κ3) is 3.55. The van der Waals surface area contributed by atoms with Crippen LogP contribution in [0.5, 0.6) is 0 Å². The van der Waals surface area contributed by atoms with Gasteiger partial charge in [0.05, 0.1) is 24.8 Å². The van der Waals surface area contributed by atoms with Gasteiger partial charge < -0.3 is 15.1 Å². The molecule has 0 bridgehead atoms. The predicted octanol–water partition coefficient (Wildman–Crippen LogP) is 2.56. The number of allylic oxidation sites excluding steroid dienone is 2. The molecule has 0 saturated carbocycles. The van der Waals surface area contributed by atoms with E-state index in [-0.39, 0.29) is 6.04 Å². The van der Waals surface area contributed by atoms with E-state index >= 15 is 0 Å². The lowest BCUT2D eigenvalue weighted by Crippen LogP contribution is -2.44. The summed E-state index contributed by atoms with van der Waals surface area (Å²) < 4.78 is 8.18. The van der Waals surface area contributed by atoms with Crippen LogP contribution in [0.25, 0.3) is 16.6 Å². The van der Waals surface area contributed by atoms with Crippen LogP contribution in [0.1, 0.15) is 19.4 Å². The third-order valence-electron chi connectivity index (χ3n) is 4.35. The molecule has 8 heteroatoms. The number of hydrogen-bond donors (Lipinski definition) is 1. The van der Waals surface area contributed by atoms with Gasteiger partial charge in [0.1, 0.15) is 11.3 Å². The van der Waals surface area contributed by atoms with Crippen LogP contribution in [0, 0.1) is 0 Å². The first-order chi connectivity index (χ1) is 12.0. The van der Waals surface area contributed by atoms with E-state index in [1.165, 1.54) is 0 Å². The summed E-state index contributed by atoms with van der Waals surface area (Å²) in [5, 5.41) is 8.53. The van der Waals surface area contributed by atoms with Crippen LogP contribution in [-0.2, 0) is 11.8 Å². The highest BCUT2D eigenvalue weighted by molar-refractivity contribution is 9.10. The van der Waals surface area contributed by atoms with Gasteiger partial charge in [-0.3, -0.25) is 4.68 Å². The molecule has 0 unspecified atom stereocenters. The summed E-state index contributed by atoms with van der Waals surface area (Å²) in [4.78, 5) is 7.17. The molecule has 134 valence electrons. The van der Waals surface area contributed by atoms with Gasteiger partial charge in [0.25, 0.3) is 0 Å². The van der Waals surface area contributed by atoms with Gasteiger partial charge in [-0.1, -0.05) is 0 Å². The number of aryl methyl sites for hydroxylation is 1. The second kappa shape index (κ2) is 7.53. The van der Waals surface area contributed by atoms with Crippen LogP contribution >= 0.6 is 15.9 Å². The molecule has 0 radical (unpaired) electrons. The molecule has 1 N–H and O–H groups in total. The van der Waals surface area contributed by atoms with Crippen LogP contribution in [0.15, 0.2) is 21.8 Å². The summed E-state index contributed by atoms with van der Waals surface area (Å²) in [6, 6.07) is 2.43. The lowest BCUT2D eigenvalue weighted by atomic mass is 10.1. The van der Waals surface area contributed by atoms with Crippen LogP contribution in [0.4, 0.5) is 5.82 Å². The number of aromatic nitrogens is 3. The van der Waals surface area contributed by atoms with Gasteiger partial charge in [0.15, 0.2) is 4.60 Å². The molecule has 2 aromatic rings. The Labute approximate surface area is 155 Å². The molecule has 1 fully saturated rings. The van der Waals surface area contributed by atoms with Crippen molar-refractivity contribution in [1.29, 1.82) is 0 Å². The summed E-state index contributed by atoms with van der Waals surface area (Å²) in [5.41, 5.74) is 6.83. The molecule has 1 saturated heterocycles. The maximum atomic E-state index is 5.56. The van der Waals surface area contributed by atoms with E-state index in [9.17, 15) is 0 Å². The van der Waals surface area contributed by atoms with Crippen LogP contribution in [-0.4, -0.2) is 53.8 Å². The minimum atomic E-state index is 0.289. The van der Waals surface area contributed by atoms with E-state index < -0.39 is 0 Å². The Bertz CT molecular complexity index is 828. The Hall–Kier alpha value is -1.93. The van der Waals surface area contributed by atoms with Crippen molar-refractivity contribution in [2.24, 2.45) is 12.1 Å². The molecule has 25 heavy (non-hydrogen) atoms. The zero-order chi connectivity index (χ0) is 18.0. The molecule has 7 nitrogen and oxygen atoms in total. The van der Waals surface area contributed by atoms with Gasteiger partial charge in [-0.15, -0.1) is 0 Å².